The van der Waals surface area contributed by atoms with E-state index in [-0.39, 0.29) is 11.4 Å². The molecule has 5 heteroatoms. The molecule has 0 aliphatic carbocycles. The summed E-state index contributed by atoms with van der Waals surface area (Å²) in [6.07, 6.45) is 0.369. The average Bonchev–Trinajstić information content (AvgIpc) is 2.28. The van der Waals surface area contributed by atoms with Crippen LogP contribution in [0.5, 0.6) is 0 Å². The predicted octanol–water partition coefficient (Wildman–Crippen LogP) is 3.04. The Balaban J connectivity index is 2.36. The highest BCUT2D eigenvalue weighted by molar-refractivity contribution is 6.31. The van der Waals surface area contributed by atoms with Crippen LogP contribution in [0.4, 0.5) is 4.39 Å². The first kappa shape index (κ1) is 11.8. The van der Waals surface area contributed by atoms with Crippen molar-refractivity contribution in [2.45, 2.75) is 12.8 Å². The van der Waals surface area contributed by atoms with Gasteiger partial charge < -0.3 is 5.11 Å². The van der Waals surface area contributed by atoms with Crippen molar-refractivity contribution in [3.05, 3.63) is 40.8 Å². The summed E-state index contributed by atoms with van der Waals surface area (Å²) in [7, 11) is 0. The molecule has 0 saturated heterocycles. The van der Waals surface area contributed by atoms with Crippen molar-refractivity contribution in [3.63, 3.8) is 0 Å². The second-order valence-corrected chi connectivity index (χ2v) is 4.06. The van der Waals surface area contributed by atoms with E-state index < -0.39 is 11.8 Å². The summed E-state index contributed by atoms with van der Waals surface area (Å²) in [5.74, 6) is -1.36. The quantitative estimate of drug-likeness (QED) is 0.915. The zero-order valence-electron chi connectivity index (χ0n) is 8.78. The number of carboxylic acid groups (broad SMARTS) is 1. The SMILES string of the molecule is O=C(O)CCc1ccc2cc(F)c(Cl)cc2n1. The van der Waals surface area contributed by atoms with Crippen molar-refractivity contribution in [1.29, 1.82) is 0 Å². The van der Waals surface area contributed by atoms with Crippen LogP contribution in [0, 0.1) is 5.82 Å². The Morgan fingerprint density at radius 2 is 2.18 bits per heavy atom. The van der Waals surface area contributed by atoms with Crippen LogP contribution in [0.3, 0.4) is 0 Å². The number of aliphatic carboxylic acids is 1. The van der Waals surface area contributed by atoms with Crippen LogP contribution in [0.25, 0.3) is 10.9 Å². The largest absolute Gasteiger partial charge is 0.481 e. The number of aromatic nitrogens is 1. The number of pyridine rings is 1. The van der Waals surface area contributed by atoms with Gasteiger partial charge in [0.15, 0.2) is 0 Å². The Morgan fingerprint density at radius 3 is 2.88 bits per heavy atom. The van der Waals surface area contributed by atoms with Gasteiger partial charge in [-0.2, -0.15) is 0 Å². The molecule has 0 amide bonds. The maximum atomic E-state index is 13.2. The van der Waals surface area contributed by atoms with Gasteiger partial charge in [-0.15, -0.1) is 0 Å². The van der Waals surface area contributed by atoms with Gasteiger partial charge in [-0.3, -0.25) is 9.78 Å². The van der Waals surface area contributed by atoms with E-state index >= 15 is 0 Å². The van der Waals surface area contributed by atoms with Crippen LogP contribution in [-0.2, 0) is 11.2 Å². The third-order valence-corrected chi connectivity index (χ3v) is 2.67. The highest BCUT2D eigenvalue weighted by atomic mass is 35.5. The lowest BCUT2D eigenvalue weighted by molar-refractivity contribution is -0.136. The van der Waals surface area contributed by atoms with Gasteiger partial charge in [0.25, 0.3) is 0 Å². The Bertz CT molecular complexity index is 586. The average molecular weight is 254 g/mol. The van der Waals surface area contributed by atoms with E-state index in [0.717, 1.165) is 0 Å². The molecule has 3 nitrogen and oxygen atoms in total. The smallest absolute Gasteiger partial charge is 0.303 e. The van der Waals surface area contributed by atoms with Crippen LogP contribution in [0.1, 0.15) is 12.1 Å². The van der Waals surface area contributed by atoms with E-state index in [2.05, 4.69) is 4.98 Å². The summed E-state index contributed by atoms with van der Waals surface area (Å²) in [5, 5.41) is 9.23. The van der Waals surface area contributed by atoms with Crippen molar-refractivity contribution in [3.8, 4) is 0 Å². The van der Waals surface area contributed by atoms with Gasteiger partial charge in [0.2, 0.25) is 0 Å². The Kier molecular flexibility index (Phi) is 3.24. The molecule has 2 aromatic rings. The van der Waals surface area contributed by atoms with Gasteiger partial charge in [-0.1, -0.05) is 17.7 Å². The van der Waals surface area contributed by atoms with Crippen LogP contribution in [-0.4, -0.2) is 16.1 Å². The number of nitrogens with zero attached hydrogens (tertiary/aromatic N) is 1. The minimum atomic E-state index is -0.871. The standard InChI is InChI=1S/C12H9ClFNO2/c13-9-6-11-7(5-10(9)14)1-2-8(15-11)3-4-12(16)17/h1-2,5-6H,3-4H2,(H,16,17). The lowest BCUT2D eigenvalue weighted by Crippen LogP contribution is -1.99. The third kappa shape index (κ3) is 2.71. The first-order valence-electron chi connectivity index (χ1n) is 5.03. The number of benzene rings is 1. The molecule has 0 unspecified atom stereocenters. The predicted molar refractivity (Wildman–Crippen MR) is 62.7 cm³/mol. The monoisotopic (exact) mass is 253 g/mol. The normalized spacial score (nSPS) is 10.7. The molecule has 0 atom stereocenters. The molecule has 1 N–H and O–H groups in total. The maximum Gasteiger partial charge on any atom is 0.303 e. The van der Waals surface area contributed by atoms with Gasteiger partial charge in [0, 0.05) is 17.5 Å². The van der Waals surface area contributed by atoms with Crippen molar-refractivity contribution < 1.29 is 14.3 Å². The molecule has 17 heavy (non-hydrogen) atoms. The molecule has 0 bridgehead atoms. The summed E-state index contributed by atoms with van der Waals surface area (Å²) in [6.45, 7) is 0. The third-order valence-electron chi connectivity index (χ3n) is 2.38. The Hall–Kier alpha value is -1.68. The maximum absolute atomic E-state index is 13.2. The number of halogens is 2. The van der Waals surface area contributed by atoms with E-state index in [9.17, 15) is 9.18 Å². The number of fused-ring (bicyclic) bond motifs is 1. The Labute approximate surface area is 102 Å². The van der Waals surface area contributed by atoms with Crippen molar-refractivity contribution >= 4 is 28.5 Å². The van der Waals surface area contributed by atoms with Gasteiger partial charge in [-0.25, -0.2) is 4.39 Å². The summed E-state index contributed by atoms with van der Waals surface area (Å²) in [6, 6.07) is 6.15. The Morgan fingerprint density at radius 1 is 1.41 bits per heavy atom. The van der Waals surface area contributed by atoms with Crippen molar-refractivity contribution in [2.75, 3.05) is 0 Å². The number of aryl methyl sites for hydroxylation is 1. The summed E-state index contributed by atoms with van der Waals surface area (Å²) < 4.78 is 13.2. The van der Waals surface area contributed by atoms with E-state index in [1.807, 2.05) is 0 Å². The number of carbonyl (C=O) groups is 1. The van der Waals surface area contributed by atoms with E-state index in [1.165, 1.54) is 12.1 Å². The minimum Gasteiger partial charge on any atom is -0.481 e. The lowest BCUT2D eigenvalue weighted by Gasteiger charge is -2.03. The molecule has 1 aromatic carbocycles. The van der Waals surface area contributed by atoms with Crippen LogP contribution in [0.15, 0.2) is 24.3 Å². The molecule has 0 fully saturated rings. The molecule has 0 saturated carbocycles. The van der Waals surface area contributed by atoms with Gasteiger partial charge in [0.1, 0.15) is 5.82 Å². The lowest BCUT2D eigenvalue weighted by atomic mass is 10.1. The minimum absolute atomic E-state index is 0.0142. The molecule has 1 heterocycles. The number of carboxylic acids is 1. The molecule has 88 valence electrons. The number of hydrogen-bond acceptors (Lipinski definition) is 2. The van der Waals surface area contributed by atoms with E-state index in [0.29, 0.717) is 23.0 Å². The summed E-state index contributed by atoms with van der Waals surface area (Å²) in [4.78, 5) is 14.7. The van der Waals surface area contributed by atoms with E-state index in [1.54, 1.807) is 12.1 Å². The fourth-order valence-corrected chi connectivity index (χ4v) is 1.69. The number of rotatable bonds is 3. The first-order valence-corrected chi connectivity index (χ1v) is 5.40. The van der Waals surface area contributed by atoms with Gasteiger partial charge in [-0.05, 0) is 18.2 Å². The molecule has 1 aromatic heterocycles. The zero-order chi connectivity index (χ0) is 12.4. The highest BCUT2D eigenvalue weighted by Crippen LogP contribution is 2.22. The molecule has 0 spiro atoms. The highest BCUT2D eigenvalue weighted by Gasteiger charge is 2.05. The zero-order valence-corrected chi connectivity index (χ0v) is 9.54. The number of hydrogen-bond donors (Lipinski definition) is 1. The van der Waals surface area contributed by atoms with Crippen LogP contribution >= 0.6 is 11.6 Å². The van der Waals surface area contributed by atoms with Crippen LogP contribution < -0.4 is 0 Å². The van der Waals surface area contributed by atoms with Gasteiger partial charge >= 0.3 is 5.97 Å². The van der Waals surface area contributed by atoms with Crippen LogP contribution in [0.2, 0.25) is 5.02 Å². The van der Waals surface area contributed by atoms with Crippen molar-refractivity contribution in [2.24, 2.45) is 0 Å². The molecule has 0 aliphatic rings. The topological polar surface area (TPSA) is 50.2 Å². The molecule has 0 aliphatic heterocycles. The molecule has 2 rings (SSSR count). The molecular weight excluding hydrogens is 245 g/mol. The second-order valence-electron chi connectivity index (χ2n) is 3.66. The fourth-order valence-electron chi connectivity index (χ4n) is 1.53. The fraction of sp³-hybridized carbons (Fsp3) is 0.167. The molecule has 0 radical (unpaired) electrons. The second kappa shape index (κ2) is 4.67. The summed E-state index contributed by atoms with van der Waals surface area (Å²) >= 11 is 5.66. The van der Waals surface area contributed by atoms with Gasteiger partial charge in [0.05, 0.1) is 17.0 Å². The van der Waals surface area contributed by atoms with Crippen molar-refractivity contribution in [1.82, 2.24) is 4.98 Å². The molecular formula is C12H9ClFNO2. The van der Waals surface area contributed by atoms with E-state index in [4.69, 9.17) is 16.7 Å². The first-order chi connectivity index (χ1) is 8.06. The summed E-state index contributed by atoms with van der Waals surface area (Å²) in [5.41, 5.74) is 1.22.